The molecule has 0 fully saturated rings. The Labute approximate surface area is 109 Å². The van der Waals surface area contributed by atoms with Gasteiger partial charge in [-0.1, -0.05) is 12.1 Å². The van der Waals surface area contributed by atoms with Crippen LogP contribution >= 0.6 is 11.3 Å². The molecular weight excluding hydrogens is 248 g/mol. The number of rotatable bonds is 2. The van der Waals surface area contributed by atoms with Gasteiger partial charge >= 0.3 is 0 Å². The van der Waals surface area contributed by atoms with Crippen molar-refractivity contribution in [2.24, 2.45) is 5.92 Å². The second-order valence-electron chi connectivity index (χ2n) is 4.75. The number of hydrogen-bond acceptors (Lipinski definition) is 4. The standard InChI is InChI=1S/C13H14N2O2S/c1-8-2-3-10-9(6-8)7-11(18-10)13(16)14-12-4-5-17-15-12/h4-5,7-8H,2-3,6H2,1H3,(H,14,15,16)/t8-/m0/s1. The molecule has 4 nitrogen and oxygen atoms in total. The van der Waals surface area contributed by atoms with Crippen LogP contribution in [0.3, 0.4) is 0 Å². The van der Waals surface area contributed by atoms with Gasteiger partial charge in [0.2, 0.25) is 0 Å². The van der Waals surface area contributed by atoms with Crippen LogP contribution in [0.5, 0.6) is 0 Å². The Kier molecular flexibility index (Phi) is 2.91. The van der Waals surface area contributed by atoms with Crippen LogP contribution < -0.4 is 5.32 Å². The van der Waals surface area contributed by atoms with Crippen molar-refractivity contribution in [3.8, 4) is 0 Å². The molecule has 0 unspecified atom stereocenters. The molecule has 3 rings (SSSR count). The van der Waals surface area contributed by atoms with E-state index in [4.69, 9.17) is 0 Å². The lowest BCUT2D eigenvalue weighted by Crippen LogP contribution is -2.10. The van der Waals surface area contributed by atoms with Crippen molar-refractivity contribution >= 4 is 23.1 Å². The number of amides is 1. The van der Waals surface area contributed by atoms with Gasteiger partial charge in [0.25, 0.3) is 5.91 Å². The van der Waals surface area contributed by atoms with Crippen molar-refractivity contribution in [1.82, 2.24) is 5.16 Å². The van der Waals surface area contributed by atoms with E-state index in [2.05, 4.69) is 21.9 Å². The molecule has 0 bridgehead atoms. The number of nitrogens with one attached hydrogen (secondary N) is 1. The Bertz CT molecular complexity index is 560. The molecule has 94 valence electrons. The van der Waals surface area contributed by atoms with E-state index >= 15 is 0 Å². The molecule has 5 heteroatoms. The van der Waals surface area contributed by atoms with Gasteiger partial charge < -0.3 is 9.84 Å². The lowest BCUT2D eigenvalue weighted by atomic mass is 9.90. The first kappa shape index (κ1) is 11.5. The zero-order valence-electron chi connectivity index (χ0n) is 10.1. The number of aromatic nitrogens is 1. The zero-order valence-corrected chi connectivity index (χ0v) is 10.9. The van der Waals surface area contributed by atoms with Crippen molar-refractivity contribution in [2.45, 2.75) is 26.2 Å². The number of carbonyl (C=O) groups excluding carboxylic acids is 1. The third-order valence-electron chi connectivity index (χ3n) is 3.23. The average Bonchev–Trinajstić information content (AvgIpc) is 2.96. The molecule has 0 radical (unpaired) electrons. The van der Waals surface area contributed by atoms with Crippen molar-refractivity contribution in [3.63, 3.8) is 0 Å². The van der Waals surface area contributed by atoms with Crippen LogP contribution in [0.1, 0.15) is 33.5 Å². The van der Waals surface area contributed by atoms with E-state index in [0.29, 0.717) is 5.82 Å². The first-order valence-electron chi connectivity index (χ1n) is 6.05. The van der Waals surface area contributed by atoms with E-state index in [1.54, 1.807) is 17.4 Å². The Balaban J connectivity index is 1.78. The molecular formula is C13H14N2O2S. The van der Waals surface area contributed by atoms with Crippen LogP contribution in [0, 0.1) is 5.92 Å². The van der Waals surface area contributed by atoms with Crippen molar-refractivity contribution in [2.75, 3.05) is 5.32 Å². The minimum absolute atomic E-state index is 0.101. The maximum atomic E-state index is 12.0. The zero-order chi connectivity index (χ0) is 12.5. The van der Waals surface area contributed by atoms with Crippen LogP contribution in [0.4, 0.5) is 5.82 Å². The van der Waals surface area contributed by atoms with Crippen molar-refractivity contribution in [1.29, 1.82) is 0 Å². The molecule has 0 spiro atoms. The lowest BCUT2D eigenvalue weighted by molar-refractivity contribution is 0.102. The maximum absolute atomic E-state index is 12.0. The van der Waals surface area contributed by atoms with Gasteiger partial charge in [0, 0.05) is 10.9 Å². The summed E-state index contributed by atoms with van der Waals surface area (Å²) >= 11 is 1.60. The summed E-state index contributed by atoms with van der Waals surface area (Å²) in [6.07, 6.45) is 4.84. The molecule has 1 aliphatic carbocycles. The summed E-state index contributed by atoms with van der Waals surface area (Å²) in [5.41, 5.74) is 1.34. The lowest BCUT2D eigenvalue weighted by Gasteiger charge is -2.16. The summed E-state index contributed by atoms with van der Waals surface area (Å²) in [5, 5.41) is 6.40. The third kappa shape index (κ3) is 2.18. The molecule has 2 heterocycles. The first-order chi connectivity index (χ1) is 8.72. The predicted octanol–water partition coefficient (Wildman–Crippen LogP) is 3.11. The van der Waals surface area contributed by atoms with Gasteiger partial charge in [-0.15, -0.1) is 11.3 Å². The topological polar surface area (TPSA) is 55.1 Å². The smallest absolute Gasteiger partial charge is 0.266 e. The summed E-state index contributed by atoms with van der Waals surface area (Å²) < 4.78 is 4.69. The van der Waals surface area contributed by atoms with Crippen molar-refractivity contribution < 1.29 is 9.32 Å². The minimum atomic E-state index is -0.101. The fourth-order valence-corrected chi connectivity index (χ4v) is 3.38. The van der Waals surface area contributed by atoms with Crippen LogP contribution in [-0.4, -0.2) is 11.1 Å². The number of aryl methyl sites for hydroxylation is 1. The number of nitrogens with zero attached hydrogens (tertiary/aromatic N) is 1. The molecule has 1 aliphatic rings. The number of hydrogen-bond donors (Lipinski definition) is 1. The summed E-state index contributed by atoms with van der Waals surface area (Å²) in [5.74, 6) is 1.08. The van der Waals surface area contributed by atoms with Crippen LogP contribution in [0.2, 0.25) is 0 Å². The van der Waals surface area contributed by atoms with Crippen molar-refractivity contribution in [3.05, 3.63) is 33.7 Å². The molecule has 0 aliphatic heterocycles. The van der Waals surface area contributed by atoms with Crippen LogP contribution in [0.15, 0.2) is 22.9 Å². The highest BCUT2D eigenvalue weighted by molar-refractivity contribution is 7.14. The van der Waals surface area contributed by atoms with Gasteiger partial charge in [0.05, 0.1) is 4.88 Å². The normalized spacial score (nSPS) is 18.4. The summed E-state index contributed by atoms with van der Waals surface area (Å²) in [6, 6.07) is 3.65. The fraction of sp³-hybridized carbons (Fsp3) is 0.385. The van der Waals surface area contributed by atoms with Crippen LogP contribution in [0.25, 0.3) is 0 Å². The SMILES string of the molecule is C[C@H]1CCc2sc(C(=O)Nc3ccon3)cc2C1. The number of carbonyl (C=O) groups is 1. The molecule has 18 heavy (non-hydrogen) atoms. The second kappa shape index (κ2) is 4.57. The van der Waals surface area contributed by atoms with E-state index in [0.717, 1.165) is 23.6 Å². The minimum Gasteiger partial charge on any atom is -0.363 e. The van der Waals surface area contributed by atoms with Gasteiger partial charge in [-0.25, -0.2) is 0 Å². The summed E-state index contributed by atoms with van der Waals surface area (Å²) in [6.45, 7) is 2.26. The quantitative estimate of drug-likeness (QED) is 0.904. The predicted molar refractivity (Wildman–Crippen MR) is 70.0 cm³/mol. The first-order valence-corrected chi connectivity index (χ1v) is 6.87. The number of anilines is 1. The molecule has 1 atom stereocenters. The Morgan fingerprint density at radius 1 is 1.61 bits per heavy atom. The van der Waals surface area contributed by atoms with Gasteiger partial charge in [-0.3, -0.25) is 4.79 Å². The molecule has 0 aromatic carbocycles. The monoisotopic (exact) mass is 262 g/mol. The highest BCUT2D eigenvalue weighted by Crippen LogP contribution is 2.32. The third-order valence-corrected chi connectivity index (χ3v) is 4.47. The Morgan fingerprint density at radius 2 is 2.50 bits per heavy atom. The van der Waals surface area contributed by atoms with E-state index in [1.807, 2.05) is 6.07 Å². The maximum Gasteiger partial charge on any atom is 0.266 e. The van der Waals surface area contributed by atoms with Gasteiger partial charge in [0.1, 0.15) is 6.26 Å². The fourth-order valence-electron chi connectivity index (χ4n) is 2.27. The van der Waals surface area contributed by atoms with Gasteiger partial charge in [-0.2, -0.15) is 0 Å². The van der Waals surface area contributed by atoms with E-state index in [1.165, 1.54) is 23.1 Å². The molecule has 2 aromatic heterocycles. The molecule has 2 aromatic rings. The Hall–Kier alpha value is -1.62. The van der Waals surface area contributed by atoms with Gasteiger partial charge in [-0.05, 0) is 36.8 Å². The van der Waals surface area contributed by atoms with E-state index in [9.17, 15) is 4.79 Å². The van der Waals surface area contributed by atoms with Gasteiger partial charge in [0.15, 0.2) is 5.82 Å². The highest BCUT2D eigenvalue weighted by Gasteiger charge is 2.20. The van der Waals surface area contributed by atoms with Crippen LogP contribution in [-0.2, 0) is 12.8 Å². The average molecular weight is 262 g/mol. The Morgan fingerprint density at radius 3 is 3.28 bits per heavy atom. The molecule has 1 N–H and O–H groups in total. The number of fused-ring (bicyclic) bond motifs is 1. The number of thiophene rings is 1. The largest absolute Gasteiger partial charge is 0.363 e. The molecule has 1 amide bonds. The summed E-state index contributed by atoms with van der Waals surface area (Å²) in [7, 11) is 0. The summed E-state index contributed by atoms with van der Waals surface area (Å²) in [4.78, 5) is 14.1. The van der Waals surface area contributed by atoms with E-state index < -0.39 is 0 Å². The molecule has 0 saturated heterocycles. The highest BCUT2D eigenvalue weighted by atomic mass is 32.1. The van der Waals surface area contributed by atoms with E-state index in [-0.39, 0.29) is 5.91 Å². The molecule has 0 saturated carbocycles. The second-order valence-corrected chi connectivity index (χ2v) is 5.88.